The summed E-state index contributed by atoms with van der Waals surface area (Å²) in [7, 11) is 0. The summed E-state index contributed by atoms with van der Waals surface area (Å²) in [5.74, 6) is 0.937. The molecule has 3 aliphatic rings. The fourth-order valence-corrected chi connectivity index (χ4v) is 4.83. The Balaban J connectivity index is 1.51. The van der Waals surface area contributed by atoms with Crippen molar-refractivity contribution in [1.29, 1.82) is 0 Å². The number of likely N-dealkylation sites (tertiary alicyclic amines) is 2. The monoisotopic (exact) mass is 307 g/mol. The highest BCUT2D eigenvalue weighted by Gasteiger charge is 2.41. The van der Waals surface area contributed by atoms with Crippen molar-refractivity contribution in [1.82, 2.24) is 14.7 Å². The maximum absolute atomic E-state index is 2.90. The summed E-state index contributed by atoms with van der Waals surface area (Å²) in [5.41, 5.74) is 0.354. The maximum Gasteiger partial charge on any atom is 0.0227 e. The van der Waals surface area contributed by atoms with E-state index in [-0.39, 0.29) is 0 Å². The summed E-state index contributed by atoms with van der Waals surface area (Å²) < 4.78 is 0. The summed E-state index contributed by atoms with van der Waals surface area (Å²) in [6.07, 6.45) is 5.69. The minimum Gasteiger partial charge on any atom is -0.298 e. The van der Waals surface area contributed by atoms with Crippen LogP contribution in [0.25, 0.3) is 0 Å². The first-order chi connectivity index (χ1) is 10.3. The summed E-state index contributed by atoms with van der Waals surface area (Å²) >= 11 is 0. The number of fused-ring (bicyclic) bond motifs is 2. The van der Waals surface area contributed by atoms with E-state index in [4.69, 9.17) is 0 Å². The summed E-state index contributed by atoms with van der Waals surface area (Å²) in [4.78, 5) is 8.28. The molecule has 3 saturated heterocycles. The van der Waals surface area contributed by atoms with Crippen LogP contribution in [-0.2, 0) is 0 Å². The molecule has 0 aromatic heterocycles. The van der Waals surface area contributed by atoms with Gasteiger partial charge in [-0.15, -0.1) is 0 Å². The molecule has 0 aliphatic carbocycles. The van der Waals surface area contributed by atoms with Gasteiger partial charge in [0.05, 0.1) is 0 Å². The molecule has 22 heavy (non-hydrogen) atoms. The molecular weight excluding hydrogens is 270 g/mol. The first kappa shape index (κ1) is 16.7. The third-order valence-electron chi connectivity index (χ3n) is 6.42. The zero-order valence-corrected chi connectivity index (χ0v) is 15.5. The van der Waals surface area contributed by atoms with Crippen LogP contribution in [-0.4, -0.2) is 71.1 Å². The Bertz CT molecular complexity index is 351. The minimum absolute atomic E-state index is 0.354. The van der Waals surface area contributed by atoms with Gasteiger partial charge in [-0.05, 0) is 79.3 Å². The summed E-state index contributed by atoms with van der Waals surface area (Å²) in [5, 5.41) is 0. The Morgan fingerprint density at radius 3 is 1.91 bits per heavy atom. The van der Waals surface area contributed by atoms with Crippen molar-refractivity contribution < 1.29 is 0 Å². The number of rotatable bonds is 3. The Kier molecular flexibility index (Phi) is 4.87. The Morgan fingerprint density at radius 1 is 0.909 bits per heavy atom. The van der Waals surface area contributed by atoms with E-state index in [2.05, 4.69) is 49.3 Å². The molecule has 0 radical (unpaired) electrons. The molecule has 0 saturated carbocycles. The Morgan fingerprint density at radius 2 is 1.45 bits per heavy atom. The van der Waals surface area contributed by atoms with Crippen molar-refractivity contribution in [2.45, 2.75) is 84.0 Å². The van der Waals surface area contributed by atoms with Crippen LogP contribution in [0.4, 0.5) is 0 Å². The normalized spacial score (nSPS) is 33.0. The van der Waals surface area contributed by atoms with Gasteiger partial charge in [0, 0.05) is 43.3 Å². The molecule has 3 nitrogen and oxygen atoms in total. The molecule has 2 unspecified atom stereocenters. The average Bonchev–Trinajstić information content (AvgIpc) is 2.69. The van der Waals surface area contributed by atoms with Crippen LogP contribution < -0.4 is 0 Å². The maximum atomic E-state index is 2.90. The van der Waals surface area contributed by atoms with Crippen LogP contribution in [0.15, 0.2) is 0 Å². The predicted molar refractivity (Wildman–Crippen MR) is 94.3 cm³/mol. The van der Waals surface area contributed by atoms with Crippen molar-refractivity contribution in [3.63, 3.8) is 0 Å². The highest BCUT2D eigenvalue weighted by molar-refractivity contribution is 4.97. The molecule has 2 bridgehead atoms. The highest BCUT2D eigenvalue weighted by Crippen LogP contribution is 2.33. The van der Waals surface area contributed by atoms with Gasteiger partial charge in [0.2, 0.25) is 0 Å². The van der Waals surface area contributed by atoms with E-state index in [1.807, 2.05) is 0 Å². The van der Waals surface area contributed by atoms with E-state index in [1.165, 1.54) is 58.4 Å². The number of hydrogen-bond acceptors (Lipinski definition) is 3. The first-order valence-electron chi connectivity index (χ1n) is 9.59. The summed E-state index contributed by atoms with van der Waals surface area (Å²) in [6.45, 7) is 18.4. The molecule has 2 atom stereocenters. The average molecular weight is 308 g/mol. The minimum atomic E-state index is 0.354. The van der Waals surface area contributed by atoms with Crippen molar-refractivity contribution in [3.05, 3.63) is 0 Å². The second kappa shape index (κ2) is 6.41. The second-order valence-electron chi connectivity index (χ2n) is 9.23. The van der Waals surface area contributed by atoms with Gasteiger partial charge in [-0.1, -0.05) is 0 Å². The molecule has 3 heterocycles. The van der Waals surface area contributed by atoms with Gasteiger partial charge < -0.3 is 0 Å². The molecule has 3 aliphatic heterocycles. The largest absolute Gasteiger partial charge is 0.298 e. The number of nitrogens with zero attached hydrogens (tertiary/aromatic N) is 3. The quantitative estimate of drug-likeness (QED) is 0.793. The molecule has 3 fully saturated rings. The smallest absolute Gasteiger partial charge is 0.0227 e. The van der Waals surface area contributed by atoms with Crippen molar-refractivity contribution in [2.24, 2.45) is 5.92 Å². The molecule has 0 spiro atoms. The first-order valence-corrected chi connectivity index (χ1v) is 9.59. The third kappa shape index (κ3) is 3.52. The lowest BCUT2D eigenvalue weighted by molar-refractivity contribution is 0.0207. The van der Waals surface area contributed by atoms with Crippen LogP contribution in [0, 0.1) is 5.92 Å². The zero-order valence-electron chi connectivity index (χ0n) is 15.5. The molecule has 0 N–H and O–H groups in total. The van der Waals surface area contributed by atoms with Gasteiger partial charge in [-0.2, -0.15) is 0 Å². The third-order valence-corrected chi connectivity index (χ3v) is 6.42. The van der Waals surface area contributed by atoms with Crippen molar-refractivity contribution >= 4 is 0 Å². The molecule has 0 aromatic carbocycles. The van der Waals surface area contributed by atoms with Gasteiger partial charge in [0.1, 0.15) is 0 Å². The topological polar surface area (TPSA) is 9.72 Å². The highest BCUT2D eigenvalue weighted by atomic mass is 15.3. The van der Waals surface area contributed by atoms with Crippen molar-refractivity contribution in [3.8, 4) is 0 Å². The Hall–Kier alpha value is -0.120. The van der Waals surface area contributed by atoms with Crippen LogP contribution in [0.1, 0.15) is 60.3 Å². The van der Waals surface area contributed by atoms with E-state index in [9.17, 15) is 0 Å². The van der Waals surface area contributed by atoms with Crippen LogP contribution in [0.3, 0.4) is 0 Å². The lowest BCUT2D eigenvalue weighted by atomic mass is 9.92. The standard InChI is InChI=1S/C19H37N3/c1-15(2)20-13-17-6-7-18(14-20)22(17)12-16-8-10-21(11-9-16)19(3,4)5/h15-18H,6-14H2,1-5H3. The van der Waals surface area contributed by atoms with E-state index in [1.54, 1.807) is 0 Å². The van der Waals surface area contributed by atoms with Crippen LogP contribution in [0.2, 0.25) is 0 Å². The van der Waals surface area contributed by atoms with Gasteiger partial charge in [0.15, 0.2) is 0 Å². The molecular formula is C19H37N3. The fraction of sp³-hybridized carbons (Fsp3) is 1.00. The van der Waals surface area contributed by atoms with Crippen molar-refractivity contribution in [2.75, 3.05) is 32.7 Å². The van der Waals surface area contributed by atoms with Crippen LogP contribution >= 0.6 is 0 Å². The van der Waals surface area contributed by atoms with Gasteiger partial charge in [-0.3, -0.25) is 14.7 Å². The fourth-order valence-electron chi connectivity index (χ4n) is 4.83. The molecule has 3 rings (SSSR count). The van der Waals surface area contributed by atoms with Gasteiger partial charge in [0.25, 0.3) is 0 Å². The SMILES string of the molecule is CC(C)N1CC2CCC(C1)N2CC1CCN(C(C)(C)C)CC1. The van der Waals surface area contributed by atoms with Gasteiger partial charge in [-0.25, -0.2) is 0 Å². The molecule has 3 heteroatoms. The second-order valence-corrected chi connectivity index (χ2v) is 9.23. The molecule has 128 valence electrons. The number of piperazine rings is 1. The van der Waals surface area contributed by atoms with E-state index in [0.717, 1.165) is 24.0 Å². The van der Waals surface area contributed by atoms with Crippen LogP contribution in [0.5, 0.6) is 0 Å². The molecule has 0 amide bonds. The lowest BCUT2D eigenvalue weighted by Crippen LogP contribution is -2.57. The zero-order chi connectivity index (χ0) is 15.9. The van der Waals surface area contributed by atoms with E-state index in [0.29, 0.717) is 5.54 Å². The number of piperidine rings is 1. The molecule has 0 aromatic rings. The number of hydrogen-bond donors (Lipinski definition) is 0. The van der Waals surface area contributed by atoms with E-state index >= 15 is 0 Å². The van der Waals surface area contributed by atoms with Gasteiger partial charge >= 0.3 is 0 Å². The Labute approximate surface area is 138 Å². The summed E-state index contributed by atoms with van der Waals surface area (Å²) in [6, 6.07) is 2.42. The lowest BCUT2D eigenvalue weighted by Gasteiger charge is -2.46. The predicted octanol–water partition coefficient (Wildman–Crippen LogP) is 3.05. The van der Waals surface area contributed by atoms with E-state index < -0.39 is 0 Å².